The predicted octanol–water partition coefficient (Wildman–Crippen LogP) is 2.93. The van der Waals surface area contributed by atoms with Gasteiger partial charge < -0.3 is 0 Å². The van der Waals surface area contributed by atoms with Crippen molar-refractivity contribution in [1.29, 1.82) is 5.26 Å². The number of nitriles is 1. The molecule has 0 aliphatic heterocycles. The molecule has 0 spiro atoms. The zero-order chi connectivity index (χ0) is 10.2. The zero-order valence-electron chi connectivity index (χ0n) is 8.00. The molecule has 1 aromatic heterocycles. The topological polar surface area (TPSA) is 36.7 Å². The Hall–Kier alpha value is -1.07. The number of hydrogen-bond acceptors (Lipinski definition) is 2. The highest BCUT2D eigenvalue weighted by molar-refractivity contribution is 6.29. The van der Waals surface area contributed by atoms with Gasteiger partial charge >= 0.3 is 0 Å². The molecule has 0 radical (unpaired) electrons. The monoisotopic (exact) mass is 206 g/mol. The van der Waals surface area contributed by atoms with Crippen LogP contribution in [-0.4, -0.2) is 4.98 Å². The quantitative estimate of drug-likeness (QED) is 0.698. The van der Waals surface area contributed by atoms with Gasteiger partial charge in [0.25, 0.3) is 0 Å². The van der Waals surface area contributed by atoms with Crippen molar-refractivity contribution in [2.75, 3.05) is 0 Å². The average Bonchev–Trinajstić information content (AvgIpc) is 3.01. The van der Waals surface area contributed by atoms with Crippen LogP contribution < -0.4 is 0 Å². The molecule has 0 saturated heterocycles. The van der Waals surface area contributed by atoms with Gasteiger partial charge in [0.15, 0.2) is 0 Å². The van der Waals surface area contributed by atoms with E-state index in [2.05, 4.69) is 11.1 Å². The number of pyridine rings is 1. The van der Waals surface area contributed by atoms with Crippen molar-refractivity contribution in [3.05, 3.63) is 29.0 Å². The molecule has 0 bridgehead atoms. The van der Waals surface area contributed by atoms with E-state index in [0.29, 0.717) is 11.1 Å². The lowest BCUT2D eigenvalue weighted by Crippen LogP contribution is -2.22. The molecule has 0 N–H and O–H groups in total. The highest BCUT2D eigenvalue weighted by Crippen LogP contribution is 2.46. The van der Waals surface area contributed by atoms with Gasteiger partial charge in [0.2, 0.25) is 0 Å². The number of halogens is 1. The van der Waals surface area contributed by atoms with Crippen LogP contribution in [0.2, 0.25) is 5.15 Å². The summed E-state index contributed by atoms with van der Waals surface area (Å²) < 4.78 is 0. The van der Waals surface area contributed by atoms with Crippen LogP contribution in [-0.2, 0) is 5.41 Å². The normalized spacial score (nSPS) is 19.8. The Bertz CT molecular complexity index is 375. The van der Waals surface area contributed by atoms with Crippen molar-refractivity contribution in [3.63, 3.8) is 0 Å². The molecule has 1 fully saturated rings. The molecule has 0 unspecified atom stereocenters. The maximum Gasteiger partial charge on any atom is 0.129 e. The van der Waals surface area contributed by atoms with Gasteiger partial charge in [-0.2, -0.15) is 5.26 Å². The second kappa shape index (κ2) is 3.25. The lowest BCUT2D eigenvalue weighted by Gasteiger charge is -2.20. The van der Waals surface area contributed by atoms with Crippen LogP contribution in [0.1, 0.15) is 25.3 Å². The molecule has 2 nitrogen and oxygen atoms in total. The zero-order valence-corrected chi connectivity index (χ0v) is 8.75. The van der Waals surface area contributed by atoms with E-state index in [-0.39, 0.29) is 5.41 Å². The first kappa shape index (κ1) is 9.48. The van der Waals surface area contributed by atoms with Gasteiger partial charge in [-0.1, -0.05) is 17.7 Å². The number of aromatic nitrogens is 1. The van der Waals surface area contributed by atoms with E-state index >= 15 is 0 Å². The Morgan fingerprint density at radius 3 is 2.71 bits per heavy atom. The van der Waals surface area contributed by atoms with Crippen molar-refractivity contribution in [2.24, 2.45) is 5.92 Å². The maximum atomic E-state index is 9.21. The minimum atomic E-state index is -0.377. The fraction of sp³-hybridized carbons (Fsp3) is 0.455. The summed E-state index contributed by atoms with van der Waals surface area (Å²) in [4.78, 5) is 4.02. The molecule has 2 rings (SSSR count). The molecular weight excluding hydrogens is 196 g/mol. The first-order valence-corrected chi connectivity index (χ1v) is 5.08. The molecule has 1 heterocycles. The van der Waals surface area contributed by atoms with Crippen molar-refractivity contribution in [2.45, 2.75) is 25.2 Å². The Balaban J connectivity index is 2.37. The van der Waals surface area contributed by atoms with Crippen LogP contribution in [0.4, 0.5) is 0 Å². The molecular formula is C11H11ClN2. The highest BCUT2D eigenvalue weighted by atomic mass is 35.5. The van der Waals surface area contributed by atoms with E-state index < -0.39 is 0 Å². The molecule has 1 saturated carbocycles. The van der Waals surface area contributed by atoms with E-state index in [1.165, 1.54) is 0 Å². The Kier molecular flexibility index (Phi) is 2.20. The van der Waals surface area contributed by atoms with Crippen molar-refractivity contribution in [3.8, 4) is 6.07 Å². The number of hydrogen-bond donors (Lipinski definition) is 0. The lowest BCUT2D eigenvalue weighted by atomic mass is 9.80. The van der Waals surface area contributed by atoms with Crippen LogP contribution >= 0.6 is 11.6 Å². The van der Waals surface area contributed by atoms with Gasteiger partial charge in [-0.15, -0.1) is 0 Å². The molecule has 3 heteroatoms. The Morgan fingerprint density at radius 1 is 1.57 bits per heavy atom. The number of nitrogens with zero attached hydrogens (tertiary/aromatic N) is 2. The molecule has 1 aliphatic carbocycles. The van der Waals surface area contributed by atoms with Crippen LogP contribution in [0.15, 0.2) is 18.3 Å². The van der Waals surface area contributed by atoms with Gasteiger partial charge in [-0.25, -0.2) is 4.98 Å². The summed E-state index contributed by atoms with van der Waals surface area (Å²) in [7, 11) is 0. The summed E-state index contributed by atoms with van der Waals surface area (Å²) in [5.41, 5.74) is 0.601. The van der Waals surface area contributed by atoms with E-state index in [9.17, 15) is 5.26 Å². The van der Waals surface area contributed by atoms with Crippen LogP contribution in [0, 0.1) is 17.2 Å². The summed E-state index contributed by atoms with van der Waals surface area (Å²) in [6.07, 6.45) is 4.00. The average molecular weight is 207 g/mol. The van der Waals surface area contributed by atoms with Crippen molar-refractivity contribution >= 4 is 11.6 Å². The third kappa shape index (κ3) is 1.49. The molecule has 1 aromatic rings. The van der Waals surface area contributed by atoms with E-state index in [1.807, 2.05) is 13.0 Å². The first-order valence-electron chi connectivity index (χ1n) is 4.70. The predicted molar refractivity (Wildman–Crippen MR) is 54.9 cm³/mol. The molecule has 14 heavy (non-hydrogen) atoms. The summed E-state index contributed by atoms with van der Waals surface area (Å²) in [6.45, 7) is 1.98. The summed E-state index contributed by atoms with van der Waals surface area (Å²) in [5, 5.41) is 9.68. The number of rotatable bonds is 2. The van der Waals surface area contributed by atoms with Crippen molar-refractivity contribution < 1.29 is 0 Å². The van der Waals surface area contributed by atoms with Gasteiger partial charge in [-0.3, -0.25) is 0 Å². The molecule has 72 valence electrons. The first-order chi connectivity index (χ1) is 6.66. The van der Waals surface area contributed by atoms with Gasteiger partial charge in [-0.05, 0) is 37.3 Å². The smallest absolute Gasteiger partial charge is 0.129 e. The molecule has 0 aromatic carbocycles. The van der Waals surface area contributed by atoms with Crippen LogP contribution in [0.25, 0.3) is 0 Å². The van der Waals surface area contributed by atoms with E-state index in [0.717, 1.165) is 18.4 Å². The van der Waals surface area contributed by atoms with Crippen LogP contribution in [0.5, 0.6) is 0 Å². The second-order valence-electron chi connectivity index (χ2n) is 3.96. The van der Waals surface area contributed by atoms with Crippen LogP contribution in [0.3, 0.4) is 0 Å². The minimum absolute atomic E-state index is 0.377. The van der Waals surface area contributed by atoms with Crippen molar-refractivity contribution in [1.82, 2.24) is 4.98 Å². The lowest BCUT2D eigenvalue weighted by molar-refractivity contribution is 0.527. The summed E-state index contributed by atoms with van der Waals surface area (Å²) in [6, 6.07) is 6.04. The Morgan fingerprint density at radius 2 is 2.29 bits per heavy atom. The third-order valence-electron chi connectivity index (χ3n) is 2.95. The summed E-state index contributed by atoms with van der Waals surface area (Å²) in [5.74, 6) is 0.496. The SMILES string of the molecule is C[C@](C#N)(c1ccc(Cl)nc1)C1CC1. The fourth-order valence-electron chi connectivity index (χ4n) is 1.74. The van der Waals surface area contributed by atoms with E-state index in [4.69, 9.17) is 11.6 Å². The maximum absolute atomic E-state index is 9.21. The second-order valence-corrected chi connectivity index (χ2v) is 4.35. The van der Waals surface area contributed by atoms with Gasteiger partial charge in [0.05, 0.1) is 11.5 Å². The molecule has 1 atom stereocenters. The minimum Gasteiger partial charge on any atom is -0.244 e. The molecule has 1 aliphatic rings. The van der Waals surface area contributed by atoms with Gasteiger partial charge in [0.1, 0.15) is 5.15 Å². The third-order valence-corrected chi connectivity index (χ3v) is 3.18. The highest BCUT2D eigenvalue weighted by Gasteiger charge is 2.43. The Labute approximate surface area is 88.5 Å². The standard InChI is InChI=1S/C11H11ClN2/c1-11(7-13,8-2-3-8)9-4-5-10(12)14-6-9/h4-6,8H,2-3H2,1H3/t11-/m1/s1. The van der Waals surface area contributed by atoms with E-state index in [1.54, 1.807) is 12.3 Å². The van der Waals surface area contributed by atoms with Gasteiger partial charge in [0, 0.05) is 6.20 Å². The largest absolute Gasteiger partial charge is 0.244 e. The molecule has 0 amide bonds. The fourth-order valence-corrected chi connectivity index (χ4v) is 1.85. The summed E-state index contributed by atoms with van der Waals surface area (Å²) >= 11 is 5.71.